The van der Waals surface area contributed by atoms with Gasteiger partial charge in [-0.25, -0.2) is 0 Å². The molecule has 0 saturated heterocycles. The fourth-order valence-electron chi connectivity index (χ4n) is 1.84. The van der Waals surface area contributed by atoms with Gasteiger partial charge in [-0.1, -0.05) is 54.6 Å². The predicted octanol–water partition coefficient (Wildman–Crippen LogP) is 3.23. The van der Waals surface area contributed by atoms with Gasteiger partial charge in [-0.05, 0) is 17.7 Å². The molecule has 2 N–H and O–H groups in total. The van der Waals surface area contributed by atoms with Gasteiger partial charge >= 0.3 is 0 Å². The first-order valence-corrected chi connectivity index (χ1v) is 7.96. The number of rotatable bonds is 2. The van der Waals surface area contributed by atoms with Gasteiger partial charge in [0.15, 0.2) is 5.85 Å². The van der Waals surface area contributed by atoms with E-state index in [-0.39, 0.29) is 19.5 Å². The van der Waals surface area contributed by atoms with Crippen molar-refractivity contribution >= 4 is 14.1 Å². The Morgan fingerprint density at radius 2 is 1.68 bits per heavy atom. The quantitative estimate of drug-likeness (QED) is 0.630. The maximum absolute atomic E-state index is 10.4. The number of para-hydroxylation sites is 1. The predicted molar refractivity (Wildman–Crippen MR) is 83.6 cm³/mol. The van der Waals surface area contributed by atoms with Gasteiger partial charge in [0.1, 0.15) is 12.4 Å². The Bertz CT molecular complexity index is 631. The zero-order valence-electron chi connectivity index (χ0n) is 12.1. The van der Waals surface area contributed by atoms with Gasteiger partial charge < -0.3 is 14.7 Å². The van der Waals surface area contributed by atoms with E-state index in [4.69, 9.17) is 14.7 Å². The zero-order chi connectivity index (χ0) is 15.1. The summed E-state index contributed by atoms with van der Waals surface area (Å²) in [5.74, 6) is -0.230. The maximum Gasteiger partial charge on any atom is 0.221 e. The van der Waals surface area contributed by atoms with Crippen LogP contribution >= 0.6 is 8.03 Å². The van der Waals surface area contributed by atoms with Gasteiger partial charge in [0.05, 0.1) is 0 Å². The van der Waals surface area contributed by atoms with Gasteiger partial charge in [0.25, 0.3) is 0 Å². The molecule has 0 spiro atoms. The first-order valence-electron chi connectivity index (χ1n) is 6.52. The van der Waals surface area contributed by atoms with Crippen LogP contribution in [0.1, 0.15) is 17.0 Å². The third kappa shape index (κ3) is 5.51. The number of aliphatic hydroxyl groups is 1. The second-order valence-electron chi connectivity index (χ2n) is 4.40. The van der Waals surface area contributed by atoms with E-state index < -0.39 is 13.9 Å². The summed E-state index contributed by atoms with van der Waals surface area (Å²) < 4.78 is 15.8. The number of hydrogen-bond acceptors (Lipinski definition) is 3. The number of hydrogen-bond donors (Lipinski definition) is 2. The molecule has 112 valence electrons. The molecule has 0 aromatic heterocycles. The molecule has 0 aliphatic carbocycles. The molecule has 2 atom stereocenters. The van der Waals surface area contributed by atoms with Crippen LogP contribution in [0, 0.1) is 0 Å². The molecule has 4 nitrogen and oxygen atoms in total. The number of ether oxygens (including phenoxy) is 1. The second-order valence-corrected chi connectivity index (χ2v) is 5.63. The maximum atomic E-state index is 10.4. The average molecular weight is 370 g/mol. The smallest absolute Gasteiger partial charge is 0.221 e. The van der Waals surface area contributed by atoms with Crippen molar-refractivity contribution in [1.82, 2.24) is 0 Å². The molecule has 2 unspecified atom stereocenters. The SMILES string of the molecule is C1=Cc2ccccc2OC1.O=[PH](O)C(O)c1ccccc1.[Zn]. The minimum atomic E-state index is -2.86. The van der Waals surface area contributed by atoms with Crippen molar-refractivity contribution < 1.29 is 38.8 Å². The van der Waals surface area contributed by atoms with Crippen molar-refractivity contribution in [3.63, 3.8) is 0 Å². The van der Waals surface area contributed by atoms with Crippen molar-refractivity contribution in [2.75, 3.05) is 6.61 Å². The fraction of sp³-hybridized carbons (Fsp3) is 0.125. The van der Waals surface area contributed by atoms with E-state index in [0.29, 0.717) is 12.2 Å². The van der Waals surface area contributed by atoms with Crippen molar-refractivity contribution in [1.29, 1.82) is 0 Å². The molecule has 0 fully saturated rings. The van der Waals surface area contributed by atoms with E-state index in [1.54, 1.807) is 30.3 Å². The average Bonchev–Trinajstić information content (AvgIpc) is 2.55. The number of aliphatic hydroxyl groups excluding tert-OH is 1. The van der Waals surface area contributed by atoms with Crippen molar-refractivity contribution in [3.05, 3.63) is 71.8 Å². The summed E-state index contributed by atoms with van der Waals surface area (Å²) >= 11 is 0. The standard InChI is InChI=1S/C9H8O.C7H9O3P.Zn/c1-2-6-9-8(4-1)5-3-7-10-9;8-7(11(9)10)6-4-2-1-3-5-6;/h1-6H,7H2;1-5,7-8,11H,(H,9,10);. The van der Waals surface area contributed by atoms with E-state index in [1.807, 2.05) is 30.3 Å². The first-order chi connectivity index (χ1) is 10.2. The number of benzene rings is 2. The largest absolute Gasteiger partial charge is 0.489 e. The summed E-state index contributed by atoms with van der Waals surface area (Å²) in [6.07, 6.45) is 4.10. The third-order valence-electron chi connectivity index (χ3n) is 2.90. The summed E-state index contributed by atoms with van der Waals surface area (Å²) in [4.78, 5) is 8.57. The molecule has 0 bridgehead atoms. The molecule has 0 radical (unpaired) electrons. The van der Waals surface area contributed by atoms with Crippen LogP contribution in [-0.2, 0) is 24.0 Å². The molecule has 1 heterocycles. The van der Waals surface area contributed by atoms with Crippen LogP contribution in [-0.4, -0.2) is 16.6 Å². The van der Waals surface area contributed by atoms with E-state index in [0.717, 1.165) is 5.75 Å². The minimum absolute atomic E-state index is 0. The van der Waals surface area contributed by atoms with Crippen LogP contribution < -0.4 is 4.74 Å². The minimum Gasteiger partial charge on any atom is -0.489 e. The monoisotopic (exact) mass is 368 g/mol. The molecule has 0 saturated carbocycles. The second kappa shape index (κ2) is 9.71. The Labute approximate surface area is 143 Å². The molecule has 3 rings (SSSR count). The summed E-state index contributed by atoms with van der Waals surface area (Å²) in [5, 5.41) is 9.08. The Morgan fingerprint density at radius 3 is 2.32 bits per heavy atom. The molecule has 6 heteroatoms. The Balaban J connectivity index is 0.000000211. The van der Waals surface area contributed by atoms with Crippen LogP contribution in [0.5, 0.6) is 5.75 Å². The molecular formula is C16H17O4PZn. The molecular weight excluding hydrogens is 353 g/mol. The van der Waals surface area contributed by atoms with Crippen LogP contribution in [0.3, 0.4) is 0 Å². The first kappa shape index (κ1) is 18.8. The van der Waals surface area contributed by atoms with Crippen LogP contribution in [0.2, 0.25) is 0 Å². The fourth-order valence-corrected chi connectivity index (χ4v) is 2.32. The van der Waals surface area contributed by atoms with E-state index >= 15 is 0 Å². The van der Waals surface area contributed by atoms with Crippen LogP contribution in [0.4, 0.5) is 0 Å². The molecule has 2 aromatic carbocycles. The topological polar surface area (TPSA) is 66.8 Å². The van der Waals surface area contributed by atoms with E-state index in [1.165, 1.54) is 5.56 Å². The van der Waals surface area contributed by atoms with Crippen LogP contribution in [0.15, 0.2) is 60.7 Å². The van der Waals surface area contributed by atoms with Gasteiger partial charge in [0.2, 0.25) is 8.03 Å². The summed E-state index contributed by atoms with van der Waals surface area (Å²) in [5.41, 5.74) is 1.66. The number of fused-ring (bicyclic) bond motifs is 1. The third-order valence-corrected chi connectivity index (χ3v) is 3.70. The van der Waals surface area contributed by atoms with Gasteiger partial charge in [0, 0.05) is 25.0 Å². The zero-order valence-corrected chi connectivity index (χ0v) is 16.0. The summed E-state index contributed by atoms with van der Waals surface area (Å²) in [6, 6.07) is 16.5. The van der Waals surface area contributed by atoms with Crippen molar-refractivity contribution in [3.8, 4) is 5.75 Å². The molecule has 1 aliphatic rings. The molecule has 0 amide bonds. The molecule has 1 aliphatic heterocycles. The molecule has 22 heavy (non-hydrogen) atoms. The van der Waals surface area contributed by atoms with Crippen molar-refractivity contribution in [2.24, 2.45) is 0 Å². The Kier molecular flexibility index (Phi) is 8.29. The normalized spacial score (nSPS) is 14.3. The Hall–Kier alpha value is -1.25. The van der Waals surface area contributed by atoms with E-state index in [2.05, 4.69) is 6.08 Å². The Morgan fingerprint density at radius 1 is 1.05 bits per heavy atom. The van der Waals surface area contributed by atoms with Gasteiger partial charge in [-0.15, -0.1) is 0 Å². The van der Waals surface area contributed by atoms with E-state index in [9.17, 15) is 4.57 Å². The van der Waals surface area contributed by atoms with Crippen molar-refractivity contribution in [2.45, 2.75) is 5.85 Å². The summed E-state index contributed by atoms with van der Waals surface area (Å²) in [7, 11) is -2.86. The van der Waals surface area contributed by atoms with Gasteiger partial charge in [-0.3, -0.25) is 4.57 Å². The van der Waals surface area contributed by atoms with Gasteiger partial charge in [-0.2, -0.15) is 0 Å². The van der Waals surface area contributed by atoms with Crippen LogP contribution in [0.25, 0.3) is 6.08 Å². The molecule has 2 aromatic rings. The summed E-state index contributed by atoms with van der Waals surface area (Å²) in [6.45, 7) is 0.705.